The zero-order valence-corrected chi connectivity index (χ0v) is 17.2. The maximum atomic E-state index is 12.4. The first-order valence-corrected chi connectivity index (χ1v) is 9.42. The normalized spacial score (nSPS) is 12.6. The third-order valence-corrected chi connectivity index (χ3v) is 4.54. The van der Waals surface area contributed by atoms with Gasteiger partial charge in [-0.15, -0.1) is 0 Å². The van der Waals surface area contributed by atoms with Crippen LogP contribution in [-0.2, 0) is 14.3 Å². The van der Waals surface area contributed by atoms with Crippen molar-refractivity contribution in [3.8, 4) is 0 Å². The topological polar surface area (TPSA) is 111 Å². The standard InChI is InChI=1S/C21H24ClN3O4/c1-12-4-5-13(2)17(10-12)24-20(27)14(3)29-19(26)11-18(25-21(23)28)15-6-8-16(22)9-7-15/h4-10,14,18H,11H2,1-3H3,(H,24,27)(H3,23,25,28)/t14-,18+/m1/s1. The van der Waals surface area contributed by atoms with Gasteiger partial charge < -0.3 is 21.1 Å². The van der Waals surface area contributed by atoms with Crippen LogP contribution in [0.3, 0.4) is 0 Å². The van der Waals surface area contributed by atoms with Crippen LogP contribution in [0.4, 0.5) is 10.5 Å². The highest BCUT2D eigenvalue weighted by molar-refractivity contribution is 6.30. The molecule has 0 aliphatic carbocycles. The Morgan fingerprint density at radius 3 is 2.38 bits per heavy atom. The molecule has 8 heteroatoms. The first-order chi connectivity index (χ1) is 13.7. The summed E-state index contributed by atoms with van der Waals surface area (Å²) in [5, 5.41) is 5.78. The smallest absolute Gasteiger partial charge is 0.312 e. The zero-order valence-electron chi connectivity index (χ0n) is 16.5. The highest BCUT2D eigenvalue weighted by atomic mass is 35.5. The van der Waals surface area contributed by atoms with Crippen LogP contribution < -0.4 is 16.4 Å². The van der Waals surface area contributed by atoms with Crippen molar-refractivity contribution in [2.75, 3.05) is 5.32 Å². The van der Waals surface area contributed by atoms with Gasteiger partial charge in [-0.3, -0.25) is 9.59 Å². The van der Waals surface area contributed by atoms with E-state index >= 15 is 0 Å². The highest BCUT2D eigenvalue weighted by Crippen LogP contribution is 2.21. The molecule has 2 rings (SSSR count). The van der Waals surface area contributed by atoms with Gasteiger partial charge in [0.25, 0.3) is 5.91 Å². The summed E-state index contributed by atoms with van der Waals surface area (Å²) in [5.41, 5.74) is 8.40. The minimum atomic E-state index is -1.01. The van der Waals surface area contributed by atoms with E-state index in [4.69, 9.17) is 22.1 Å². The summed E-state index contributed by atoms with van der Waals surface area (Å²) in [6.07, 6.45) is -1.20. The molecule has 0 unspecified atom stereocenters. The van der Waals surface area contributed by atoms with Crippen LogP contribution in [0.5, 0.6) is 0 Å². The summed E-state index contributed by atoms with van der Waals surface area (Å²) in [4.78, 5) is 36.0. The van der Waals surface area contributed by atoms with E-state index in [-0.39, 0.29) is 6.42 Å². The highest BCUT2D eigenvalue weighted by Gasteiger charge is 2.23. The lowest BCUT2D eigenvalue weighted by Gasteiger charge is -2.19. The lowest BCUT2D eigenvalue weighted by atomic mass is 10.0. The van der Waals surface area contributed by atoms with Gasteiger partial charge in [0.15, 0.2) is 6.10 Å². The summed E-state index contributed by atoms with van der Waals surface area (Å²) in [5.74, 6) is -1.10. The molecule has 7 nitrogen and oxygen atoms in total. The van der Waals surface area contributed by atoms with Gasteiger partial charge >= 0.3 is 12.0 Å². The average Bonchev–Trinajstić information content (AvgIpc) is 2.64. The molecule has 2 aromatic rings. The Kier molecular flexibility index (Phi) is 7.61. The number of ether oxygens (including phenoxy) is 1. The number of carbonyl (C=O) groups is 3. The second kappa shape index (κ2) is 9.93. The van der Waals surface area contributed by atoms with Crippen LogP contribution in [0, 0.1) is 13.8 Å². The number of anilines is 1. The number of urea groups is 1. The lowest BCUT2D eigenvalue weighted by Crippen LogP contribution is -2.36. The summed E-state index contributed by atoms with van der Waals surface area (Å²) >= 11 is 5.87. The zero-order chi connectivity index (χ0) is 21.6. The molecule has 4 N–H and O–H groups in total. The van der Waals surface area contributed by atoms with Gasteiger partial charge in [-0.25, -0.2) is 4.79 Å². The van der Waals surface area contributed by atoms with Gasteiger partial charge in [-0.1, -0.05) is 35.9 Å². The Bertz CT molecular complexity index is 899. The van der Waals surface area contributed by atoms with Gasteiger partial charge in [0.1, 0.15) is 0 Å². The van der Waals surface area contributed by atoms with Gasteiger partial charge in [0.05, 0.1) is 12.5 Å². The van der Waals surface area contributed by atoms with Gasteiger partial charge in [-0.05, 0) is 55.7 Å². The third kappa shape index (κ3) is 6.80. The molecule has 29 heavy (non-hydrogen) atoms. The fourth-order valence-corrected chi connectivity index (χ4v) is 2.82. The summed E-state index contributed by atoms with van der Waals surface area (Å²) in [7, 11) is 0. The Morgan fingerprint density at radius 1 is 1.10 bits per heavy atom. The molecule has 0 aromatic heterocycles. The first kappa shape index (κ1) is 22.2. The van der Waals surface area contributed by atoms with Gasteiger partial charge in [-0.2, -0.15) is 0 Å². The first-order valence-electron chi connectivity index (χ1n) is 9.04. The molecule has 0 aliphatic rings. The van der Waals surface area contributed by atoms with Crippen molar-refractivity contribution in [3.05, 3.63) is 64.2 Å². The van der Waals surface area contributed by atoms with Crippen molar-refractivity contribution in [3.63, 3.8) is 0 Å². The molecule has 0 saturated carbocycles. The molecule has 2 atom stereocenters. The van der Waals surface area contributed by atoms with E-state index in [0.29, 0.717) is 16.3 Å². The largest absolute Gasteiger partial charge is 0.452 e. The molecule has 2 aromatic carbocycles. The Morgan fingerprint density at radius 2 is 1.76 bits per heavy atom. The number of carbonyl (C=O) groups excluding carboxylic acids is 3. The maximum Gasteiger partial charge on any atom is 0.312 e. The fraction of sp³-hybridized carbons (Fsp3) is 0.286. The summed E-state index contributed by atoms with van der Waals surface area (Å²) in [6.45, 7) is 5.27. The lowest BCUT2D eigenvalue weighted by molar-refractivity contribution is -0.153. The molecule has 0 radical (unpaired) electrons. The fourth-order valence-electron chi connectivity index (χ4n) is 2.69. The maximum absolute atomic E-state index is 12.4. The molecule has 0 heterocycles. The Hall–Kier alpha value is -3.06. The molecule has 154 valence electrons. The molecule has 3 amide bonds. The number of nitrogens with one attached hydrogen (secondary N) is 2. The van der Waals surface area contributed by atoms with E-state index in [2.05, 4.69) is 10.6 Å². The minimum absolute atomic E-state index is 0.189. The van der Waals surface area contributed by atoms with Crippen LogP contribution in [0.25, 0.3) is 0 Å². The van der Waals surface area contributed by atoms with Crippen LogP contribution >= 0.6 is 11.6 Å². The second-order valence-corrected chi connectivity index (χ2v) is 7.19. The number of aryl methyl sites for hydroxylation is 2. The van der Waals surface area contributed by atoms with Crippen molar-refractivity contribution >= 4 is 35.2 Å². The monoisotopic (exact) mass is 417 g/mol. The molecule has 0 bridgehead atoms. The Balaban J connectivity index is 2.00. The van der Waals surface area contributed by atoms with E-state index in [9.17, 15) is 14.4 Å². The van der Waals surface area contributed by atoms with Crippen molar-refractivity contribution in [1.82, 2.24) is 5.32 Å². The van der Waals surface area contributed by atoms with Crippen LogP contribution in [0.2, 0.25) is 5.02 Å². The number of halogens is 1. The number of hydrogen-bond acceptors (Lipinski definition) is 4. The summed E-state index contributed by atoms with van der Waals surface area (Å²) < 4.78 is 5.24. The van der Waals surface area contributed by atoms with Crippen LogP contribution in [0.1, 0.15) is 36.1 Å². The predicted molar refractivity (Wildman–Crippen MR) is 112 cm³/mol. The van der Waals surface area contributed by atoms with Gasteiger partial charge in [0.2, 0.25) is 0 Å². The van der Waals surface area contributed by atoms with E-state index in [1.807, 2.05) is 32.0 Å². The van der Waals surface area contributed by atoms with E-state index in [1.54, 1.807) is 24.3 Å². The molecule has 0 saturated heterocycles. The summed E-state index contributed by atoms with van der Waals surface area (Å²) in [6, 6.07) is 10.8. The molecule has 0 fully saturated rings. The third-order valence-electron chi connectivity index (χ3n) is 4.29. The van der Waals surface area contributed by atoms with Crippen molar-refractivity contribution in [2.45, 2.75) is 39.3 Å². The van der Waals surface area contributed by atoms with Crippen molar-refractivity contribution in [1.29, 1.82) is 0 Å². The van der Waals surface area contributed by atoms with E-state index in [1.165, 1.54) is 6.92 Å². The van der Waals surface area contributed by atoms with Crippen LogP contribution in [0.15, 0.2) is 42.5 Å². The number of nitrogens with two attached hydrogens (primary N) is 1. The molecule has 0 spiro atoms. The molecular formula is C21H24ClN3O4. The SMILES string of the molecule is Cc1ccc(C)c(NC(=O)[C@@H](C)OC(=O)C[C@H](NC(N)=O)c2ccc(Cl)cc2)c1. The number of amides is 3. The number of benzene rings is 2. The molecule has 0 aliphatic heterocycles. The second-order valence-electron chi connectivity index (χ2n) is 6.76. The van der Waals surface area contributed by atoms with Crippen molar-refractivity contribution in [2.24, 2.45) is 5.73 Å². The number of esters is 1. The predicted octanol–water partition coefficient (Wildman–Crippen LogP) is 3.63. The molecular weight excluding hydrogens is 394 g/mol. The minimum Gasteiger partial charge on any atom is -0.452 e. The van der Waals surface area contributed by atoms with E-state index in [0.717, 1.165) is 11.1 Å². The van der Waals surface area contributed by atoms with Gasteiger partial charge in [0, 0.05) is 10.7 Å². The number of primary amides is 1. The Labute approximate surface area is 174 Å². The average molecular weight is 418 g/mol. The van der Waals surface area contributed by atoms with E-state index < -0.39 is 30.1 Å². The number of rotatable bonds is 7. The van der Waals surface area contributed by atoms with Crippen LogP contribution in [-0.4, -0.2) is 24.0 Å². The number of hydrogen-bond donors (Lipinski definition) is 3. The van der Waals surface area contributed by atoms with Crippen molar-refractivity contribution < 1.29 is 19.1 Å². The quantitative estimate of drug-likeness (QED) is 0.597.